The van der Waals surface area contributed by atoms with Crippen LogP contribution in [-0.2, 0) is 14.8 Å². The Bertz CT molecular complexity index is 707. The quantitative estimate of drug-likeness (QED) is 0.828. The van der Waals surface area contributed by atoms with Crippen molar-refractivity contribution in [2.75, 3.05) is 26.2 Å². The van der Waals surface area contributed by atoms with Gasteiger partial charge in [-0.15, -0.1) is 23.7 Å². The molecule has 6 nitrogen and oxygen atoms in total. The second-order valence-corrected chi connectivity index (χ2v) is 10.2. The van der Waals surface area contributed by atoms with Gasteiger partial charge in [0, 0.05) is 37.1 Å². The van der Waals surface area contributed by atoms with Gasteiger partial charge in [-0.05, 0) is 44.7 Å². The molecule has 2 aliphatic heterocycles. The zero-order valence-electron chi connectivity index (χ0n) is 14.4. The number of piperidine rings is 2. The van der Waals surface area contributed by atoms with Crippen LogP contribution in [0.2, 0.25) is 0 Å². The minimum absolute atomic E-state index is 0. The molecule has 2 N–H and O–H groups in total. The van der Waals surface area contributed by atoms with Crippen molar-refractivity contribution in [2.24, 2.45) is 11.7 Å². The van der Waals surface area contributed by atoms with Gasteiger partial charge in [0.15, 0.2) is 0 Å². The molecule has 3 heterocycles. The molecule has 0 radical (unpaired) electrons. The molecule has 9 heteroatoms. The Morgan fingerprint density at radius 3 is 2.56 bits per heavy atom. The molecule has 1 aromatic heterocycles. The first kappa shape index (κ1) is 20.6. The van der Waals surface area contributed by atoms with E-state index in [0.717, 1.165) is 37.1 Å². The molecule has 2 unspecified atom stereocenters. The van der Waals surface area contributed by atoms with E-state index in [-0.39, 0.29) is 36.8 Å². The Balaban J connectivity index is 0.00000225. The maximum Gasteiger partial charge on any atom is 0.252 e. The van der Waals surface area contributed by atoms with Crippen molar-refractivity contribution in [3.8, 4) is 0 Å². The van der Waals surface area contributed by atoms with Crippen LogP contribution >= 0.6 is 23.7 Å². The summed E-state index contributed by atoms with van der Waals surface area (Å²) in [4.78, 5) is 15.6. The van der Waals surface area contributed by atoms with Gasteiger partial charge in [-0.2, -0.15) is 4.31 Å². The van der Waals surface area contributed by atoms with Gasteiger partial charge >= 0.3 is 0 Å². The number of hydrogen-bond acceptors (Lipinski definition) is 5. The first-order valence-electron chi connectivity index (χ1n) is 8.49. The van der Waals surface area contributed by atoms with E-state index in [9.17, 15) is 13.2 Å². The molecule has 0 saturated carbocycles. The number of sulfonamides is 1. The standard InChI is InChI=1S/C16H25N3O3S2.ClH/c1-12-6-7-15(23-12)24(21,22)19-9-2-4-13(10-19)16(20)18-8-3-5-14(17)11-18;/h6-7,13-14H,2-5,8-11,17H2,1H3;1H. The molecule has 142 valence electrons. The van der Waals surface area contributed by atoms with Crippen molar-refractivity contribution in [3.63, 3.8) is 0 Å². The van der Waals surface area contributed by atoms with E-state index in [1.807, 2.05) is 17.9 Å². The molecule has 0 spiro atoms. The number of nitrogens with two attached hydrogens (primary N) is 1. The molecule has 2 aliphatic rings. The van der Waals surface area contributed by atoms with Crippen molar-refractivity contribution in [1.82, 2.24) is 9.21 Å². The van der Waals surface area contributed by atoms with E-state index >= 15 is 0 Å². The Kier molecular flexibility index (Phi) is 6.89. The summed E-state index contributed by atoms with van der Waals surface area (Å²) in [6, 6.07) is 3.52. The smallest absolute Gasteiger partial charge is 0.252 e. The summed E-state index contributed by atoms with van der Waals surface area (Å²) in [5.41, 5.74) is 5.97. The van der Waals surface area contributed by atoms with Gasteiger partial charge in [-0.25, -0.2) is 8.42 Å². The first-order chi connectivity index (χ1) is 11.4. The van der Waals surface area contributed by atoms with Crippen LogP contribution in [-0.4, -0.2) is 55.8 Å². The summed E-state index contributed by atoms with van der Waals surface area (Å²) in [6.07, 6.45) is 3.35. The number of thiophene rings is 1. The van der Waals surface area contributed by atoms with Crippen LogP contribution < -0.4 is 5.73 Å². The van der Waals surface area contributed by atoms with Crippen LogP contribution in [0.25, 0.3) is 0 Å². The average molecular weight is 408 g/mol. The van der Waals surface area contributed by atoms with E-state index in [0.29, 0.717) is 17.3 Å². The number of carbonyl (C=O) groups is 1. The van der Waals surface area contributed by atoms with E-state index in [1.54, 1.807) is 6.07 Å². The van der Waals surface area contributed by atoms with Gasteiger partial charge in [-0.3, -0.25) is 4.79 Å². The number of amides is 1. The van der Waals surface area contributed by atoms with Crippen LogP contribution in [0, 0.1) is 12.8 Å². The van der Waals surface area contributed by atoms with Crippen LogP contribution in [0.15, 0.2) is 16.3 Å². The summed E-state index contributed by atoms with van der Waals surface area (Å²) >= 11 is 1.28. The summed E-state index contributed by atoms with van der Waals surface area (Å²) in [7, 11) is -3.49. The third-order valence-electron chi connectivity index (χ3n) is 4.81. The SMILES string of the molecule is Cc1ccc(S(=O)(=O)N2CCCC(C(=O)N3CCCC(N)C3)C2)s1.Cl. The van der Waals surface area contributed by atoms with Gasteiger partial charge < -0.3 is 10.6 Å². The predicted octanol–water partition coefficient (Wildman–Crippen LogP) is 1.83. The lowest BCUT2D eigenvalue weighted by Crippen LogP contribution is -2.51. The van der Waals surface area contributed by atoms with Gasteiger partial charge in [0.1, 0.15) is 4.21 Å². The number of halogens is 1. The maximum atomic E-state index is 12.8. The van der Waals surface area contributed by atoms with Crippen molar-refractivity contribution in [2.45, 2.75) is 42.9 Å². The molecule has 25 heavy (non-hydrogen) atoms. The summed E-state index contributed by atoms with van der Waals surface area (Å²) < 4.78 is 27.4. The van der Waals surface area contributed by atoms with Crippen LogP contribution in [0.3, 0.4) is 0 Å². The van der Waals surface area contributed by atoms with Crippen molar-refractivity contribution < 1.29 is 13.2 Å². The fourth-order valence-electron chi connectivity index (χ4n) is 3.51. The summed E-state index contributed by atoms with van der Waals surface area (Å²) in [5.74, 6) is -0.188. The fraction of sp³-hybridized carbons (Fsp3) is 0.688. The van der Waals surface area contributed by atoms with Crippen molar-refractivity contribution in [3.05, 3.63) is 17.0 Å². The highest BCUT2D eigenvalue weighted by molar-refractivity contribution is 7.91. The van der Waals surface area contributed by atoms with Crippen LogP contribution in [0.5, 0.6) is 0 Å². The van der Waals surface area contributed by atoms with Gasteiger partial charge in [0.05, 0.1) is 5.92 Å². The second kappa shape index (κ2) is 8.35. The highest BCUT2D eigenvalue weighted by Crippen LogP contribution is 2.29. The average Bonchev–Trinajstić information content (AvgIpc) is 3.01. The van der Waals surface area contributed by atoms with E-state index < -0.39 is 10.0 Å². The highest BCUT2D eigenvalue weighted by Gasteiger charge is 2.36. The van der Waals surface area contributed by atoms with Crippen molar-refractivity contribution in [1.29, 1.82) is 0 Å². The van der Waals surface area contributed by atoms with E-state index in [4.69, 9.17) is 5.73 Å². The summed E-state index contributed by atoms with van der Waals surface area (Å²) in [5, 5.41) is 0. The fourth-order valence-corrected chi connectivity index (χ4v) is 6.47. The van der Waals surface area contributed by atoms with Crippen LogP contribution in [0.1, 0.15) is 30.6 Å². The molecule has 1 aromatic rings. The molecule has 2 atom stereocenters. The molecule has 2 fully saturated rings. The topological polar surface area (TPSA) is 83.7 Å². The zero-order chi connectivity index (χ0) is 17.3. The molecular weight excluding hydrogens is 382 g/mol. The Morgan fingerprint density at radius 1 is 1.20 bits per heavy atom. The molecule has 0 aromatic carbocycles. The van der Waals surface area contributed by atoms with Crippen molar-refractivity contribution >= 4 is 39.7 Å². The van der Waals surface area contributed by atoms with E-state index in [1.165, 1.54) is 15.6 Å². The number of hydrogen-bond donors (Lipinski definition) is 1. The lowest BCUT2D eigenvalue weighted by molar-refractivity contribution is -0.137. The lowest BCUT2D eigenvalue weighted by Gasteiger charge is -2.37. The predicted molar refractivity (Wildman–Crippen MR) is 102 cm³/mol. The summed E-state index contributed by atoms with van der Waals surface area (Å²) in [6.45, 7) is 3.99. The minimum Gasteiger partial charge on any atom is -0.341 e. The number of aryl methyl sites for hydroxylation is 1. The Labute approximate surface area is 159 Å². The number of carbonyl (C=O) groups excluding carboxylic acids is 1. The molecule has 0 aliphatic carbocycles. The number of rotatable bonds is 3. The minimum atomic E-state index is -3.49. The molecule has 2 saturated heterocycles. The van der Waals surface area contributed by atoms with Crippen LogP contribution in [0.4, 0.5) is 0 Å². The molecule has 1 amide bonds. The maximum absolute atomic E-state index is 12.8. The normalized spacial score (nSPS) is 25.4. The Hall–Kier alpha value is -0.670. The van der Waals surface area contributed by atoms with Gasteiger partial charge in [0.25, 0.3) is 10.0 Å². The molecule has 3 rings (SSSR count). The third kappa shape index (κ3) is 4.54. The first-order valence-corrected chi connectivity index (χ1v) is 10.7. The monoisotopic (exact) mass is 407 g/mol. The highest BCUT2D eigenvalue weighted by atomic mass is 35.5. The molecular formula is C16H26ClN3O3S2. The second-order valence-electron chi connectivity index (χ2n) is 6.75. The lowest BCUT2D eigenvalue weighted by atomic mass is 9.96. The van der Waals surface area contributed by atoms with Gasteiger partial charge in [-0.1, -0.05) is 0 Å². The number of likely N-dealkylation sites (tertiary alicyclic amines) is 1. The van der Waals surface area contributed by atoms with E-state index in [2.05, 4.69) is 0 Å². The zero-order valence-corrected chi connectivity index (χ0v) is 16.8. The largest absolute Gasteiger partial charge is 0.341 e. The third-order valence-corrected chi connectivity index (χ3v) is 8.15. The Morgan fingerprint density at radius 2 is 1.92 bits per heavy atom. The molecule has 0 bridgehead atoms. The number of nitrogens with zero attached hydrogens (tertiary/aromatic N) is 2. The van der Waals surface area contributed by atoms with Gasteiger partial charge in [0.2, 0.25) is 5.91 Å².